The molecule has 0 rings (SSSR count). The van der Waals surface area contributed by atoms with Gasteiger partial charge in [-0.2, -0.15) is 0 Å². The molecule has 0 spiro atoms. The van der Waals surface area contributed by atoms with Gasteiger partial charge in [-0.15, -0.1) is 0 Å². The van der Waals surface area contributed by atoms with Crippen LogP contribution in [-0.4, -0.2) is 64.4 Å². The molecule has 6 heteroatoms. The van der Waals surface area contributed by atoms with Crippen LogP contribution >= 0.6 is 0 Å². The second-order valence-electron chi connectivity index (χ2n) is 3.73. The molecule has 0 amide bonds. The molecule has 0 aliphatic heterocycles. The summed E-state index contributed by atoms with van der Waals surface area (Å²) in [5.74, 6) is 0.00721. The molecule has 0 heterocycles. The summed E-state index contributed by atoms with van der Waals surface area (Å²) in [6, 6.07) is 0. The van der Waals surface area contributed by atoms with E-state index in [0.717, 1.165) is 0 Å². The van der Waals surface area contributed by atoms with Crippen LogP contribution in [-0.2, 0) is 28.5 Å². The van der Waals surface area contributed by atoms with Crippen molar-refractivity contribution in [3.63, 3.8) is 0 Å². The number of rotatable bonds is 13. The molecule has 0 aliphatic rings. The average molecular weight is 262 g/mol. The third kappa shape index (κ3) is 15.2. The Bertz CT molecular complexity index is 205. The minimum absolute atomic E-state index is 0.00361. The van der Waals surface area contributed by atoms with Crippen LogP contribution in [0.4, 0.5) is 0 Å². The van der Waals surface area contributed by atoms with Gasteiger partial charge in [-0.25, -0.2) is 0 Å². The SMILES string of the molecule is CC(=O)COCCOCCOCCOCC(C)=O. The van der Waals surface area contributed by atoms with Gasteiger partial charge in [-0.1, -0.05) is 0 Å². The maximum Gasteiger partial charge on any atom is 0.155 e. The van der Waals surface area contributed by atoms with E-state index in [0.29, 0.717) is 39.6 Å². The highest BCUT2D eigenvalue weighted by atomic mass is 16.6. The Kier molecular flexibility index (Phi) is 12.1. The van der Waals surface area contributed by atoms with Gasteiger partial charge in [0.1, 0.15) is 13.2 Å². The first-order valence-corrected chi connectivity index (χ1v) is 5.92. The Morgan fingerprint density at radius 1 is 0.611 bits per heavy atom. The first kappa shape index (κ1) is 17.2. The highest BCUT2D eigenvalue weighted by Gasteiger charge is 1.95. The Labute approximate surface area is 108 Å². The fraction of sp³-hybridized carbons (Fsp3) is 0.833. The standard InChI is InChI=1S/C12H22O6/c1-11(13)9-17-7-5-15-3-4-16-6-8-18-10-12(2)14/h3-10H2,1-2H3. The Morgan fingerprint density at radius 2 is 0.889 bits per heavy atom. The molecule has 18 heavy (non-hydrogen) atoms. The van der Waals surface area contributed by atoms with Gasteiger partial charge in [0.25, 0.3) is 0 Å². The molecule has 0 saturated heterocycles. The summed E-state index contributed by atoms with van der Waals surface area (Å²) in [5, 5.41) is 0. The predicted molar refractivity (Wildman–Crippen MR) is 64.6 cm³/mol. The summed E-state index contributed by atoms with van der Waals surface area (Å²) in [7, 11) is 0. The molecule has 0 aromatic carbocycles. The van der Waals surface area contributed by atoms with Gasteiger partial charge in [-0.05, 0) is 13.8 Å². The molecule has 0 aromatic rings. The minimum Gasteiger partial charge on any atom is -0.377 e. The van der Waals surface area contributed by atoms with E-state index in [9.17, 15) is 9.59 Å². The Morgan fingerprint density at radius 3 is 1.17 bits per heavy atom. The van der Waals surface area contributed by atoms with Crippen LogP contribution in [0.25, 0.3) is 0 Å². The molecule has 0 radical (unpaired) electrons. The van der Waals surface area contributed by atoms with Crippen LogP contribution in [0.1, 0.15) is 13.8 Å². The van der Waals surface area contributed by atoms with Crippen molar-refractivity contribution in [2.45, 2.75) is 13.8 Å². The lowest BCUT2D eigenvalue weighted by molar-refractivity contribution is -0.123. The lowest BCUT2D eigenvalue weighted by Gasteiger charge is -2.06. The van der Waals surface area contributed by atoms with Crippen molar-refractivity contribution in [3.05, 3.63) is 0 Å². The van der Waals surface area contributed by atoms with Gasteiger partial charge in [0.05, 0.1) is 39.6 Å². The smallest absolute Gasteiger partial charge is 0.155 e. The normalized spacial score (nSPS) is 10.6. The lowest BCUT2D eigenvalue weighted by atomic mass is 10.5. The van der Waals surface area contributed by atoms with Crippen molar-refractivity contribution in [1.29, 1.82) is 0 Å². The molecular formula is C12H22O6. The summed E-state index contributed by atoms with van der Waals surface area (Å²) >= 11 is 0. The molecular weight excluding hydrogens is 240 g/mol. The van der Waals surface area contributed by atoms with E-state index >= 15 is 0 Å². The van der Waals surface area contributed by atoms with Gasteiger partial charge < -0.3 is 18.9 Å². The van der Waals surface area contributed by atoms with E-state index < -0.39 is 0 Å². The number of carbonyl (C=O) groups excluding carboxylic acids is 2. The fourth-order valence-corrected chi connectivity index (χ4v) is 0.989. The zero-order chi connectivity index (χ0) is 13.6. The number of ether oxygens (including phenoxy) is 4. The van der Waals surface area contributed by atoms with Crippen molar-refractivity contribution in [2.24, 2.45) is 0 Å². The first-order chi connectivity index (χ1) is 8.63. The van der Waals surface area contributed by atoms with E-state index in [1.807, 2.05) is 0 Å². The van der Waals surface area contributed by atoms with Crippen molar-refractivity contribution in [3.8, 4) is 0 Å². The first-order valence-electron chi connectivity index (χ1n) is 5.92. The molecule has 0 aliphatic carbocycles. The van der Waals surface area contributed by atoms with Crippen molar-refractivity contribution < 1.29 is 28.5 Å². The Balaban J connectivity index is 2.99. The fourth-order valence-electron chi connectivity index (χ4n) is 0.989. The lowest BCUT2D eigenvalue weighted by Crippen LogP contribution is -2.14. The van der Waals surface area contributed by atoms with Gasteiger partial charge >= 0.3 is 0 Å². The van der Waals surface area contributed by atoms with Crippen molar-refractivity contribution in [1.82, 2.24) is 0 Å². The molecule has 0 saturated carbocycles. The number of Topliss-reactive ketones (excluding diaryl/α,β-unsaturated/α-hetero) is 2. The molecule has 6 nitrogen and oxygen atoms in total. The highest BCUT2D eigenvalue weighted by Crippen LogP contribution is 1.83. The minimum atomic E-state index is 0.00361. The average Bonchev–Trinajstić information content (AvgIpc) is 2.29. The van der Waals surface area contributed by atoms with Crippen LogP contribution in [0.3, 0.4) is 0 Å². The number of ketones is 2. The number of hydrogen-bond acceptors (Lipinski definition) is 6. The molecule has 0 fully saturated rings. The van der Waals surface area contributed by atoms with E-state index in [2.05, 4.69) is 0 Å². The highest BCUT2D eigenvalue weighted by molar-refractivity contribution is 5.76. The van der Waals surface area contributed by atoms with Crippen LogP contribution in [0, 0.1) is 0 Å². The molecule has 0 aromatic heterocycles. The quantitative estimate of drug-likeness (QED) is 0.442. The molecule has 106 valence electrons. The van der Waals surface area contributed by atoms with Crippen LogP contribution in [0.5, 0.6) is 0 Å². The van der Waals surface area contributed by atoms with Crippen molar-refractivity contribution >= 4 is 11.6 Å². The third-order valence-corrected chi connectivity index (χ3v) is 1.73. The molecule has 0 unspecified atom stereocenters. The van der Waals surface area contributed by atoms with Crippen LogP contribution < -0.4 is 0 Å². The van der Waals surface area contributed by atoms with Gasteiger partial charge in [0.15, 0.2) is 11.6 Å². The topological polar surface area (TPSA) is 71.1 Å². The molecule has 0 atom stereocenters. The van der Waals surface area contributed by atoms with Crippen molar-refractivity contribution in [2.75, 3.05) is 52.9 Å². The summed E-state index contributed by atoms with van der Waals surface area (Å²) in [6.07, 6.45) is 0. The molecule has 0 N–H and O–H groups in total. The summed E-state index contributed by atoms with van der Waals surface area (Å²) in [5.41, 5.74) is 0. The Hall–Kier alpha value is -0.820. The number of hydrogen-bond donors (Lipinski definition) is 0. The second-order valence-corrected chi connectivity index (χ2v) is 3.73. The van der Waals surface area contributed by atoms with E-state index in [-0.39, 0.29) is 24.8 Å². The largest absolute Gasteiger partial charge is 0.377 e. The summed E-state index contributed by atoms with van der Waals surface area (Å²) < 4.78 is 20.4. The van der Waals surface area contributed by atoms with Crippen LogP contribution in [0.15, 0.2) is 0 Å². The molecule has 0 bridgehead atoms. The maximum absolute atomic E-state index is 10.5. The monoisotopic (exact) mass is 262 g/mol. The zero-order valence-corrected chi connectivity index (χ0v) is 11.1. The zero-order valence-electron chi connectivity index (χ0n) is 11.1. The summed E-state index contributed by atoms with van der Waals surface area (Å²) in [6.45, 7) is 5.84. The third-order valence-electron chi connectivity index (χ3n) is 1.73. The van der Waals surface area contributed by atoms with Gasteiger partial charge in [0.2, 0.25) is 0 Å². The summed E-state index contributed by atoms with van der Waals surface area (Å²) in [4.78, 5) is 21.1. The second kappa shape index (κ2) is 12.6. The van der Waals surface area contributed by atoms with Crippen LogP contribution in [0.2, 0.25) is 0 Å². The maximum atomic E-state index is 10.5. The van der Waals surface area contributed by atoms with E-state index in [1.165, 1.54) is 13.8 Å². The van der Waals surface area contributed by atoms with E-state index in [1.54, 1.807) is 0 Å². The van der Waals surface area contributed by atoms with E-state index in [4.69, 9.17) is 18.9 Å². The predicted octanol–water partition coefficient (Wildman–Crippen LogP) is 0.231. The van der Waals surface area contributed by atoms with Gasteiger partial charge in [0, 0.05) is 0 Å². The van der Waals surface area contributed by atoms with Gasteiger partial charge in [-0.3, -0.25) is 9.59 Å². The number of carbonyl (C=O) groups is 2.